The summed E-state index contributed by atoms with van der Waals surface area (Å²) >= 11 is 0. The molecule has 0 bridgehead atoms. The van der Waals surface area contributed by atoms with Crippen LogP contribution in [0.5, 0.6) is 0 Å². The Kier molecular flexibility index (Phi) is 5.63. The van der Waals surface area contributed by atoms with Gasteiger partial charge in [0.15, 0.2) is 0 Å². The number of rotatable bonds is 7. The first-order valence-corrected chi connectivity index (χ1v) is 7.03. The highest BCUT2D eigenvalue weighted by Crippen LogP contribution is 2.24. The third-order valence-corrected chi connectivity index (χ3v) is 4.06. The first-order valence-electron chi connectivity index (χ1n) is 5.55. The fourth-order valence-corrected chi connectivity index (χ4v) is 3.14. The lowest BCUT2D eigenvalue weighted by atomic mass is 10.1. The second kappa shape index (κ2) is 6.51. The molecule has 0 aromatic heterocycles. The summed E-state index contributed by atoms with van der Waals surface area (Å²) in [6, 6.07) is -0.0231. The lowest BCUT2D eigenvalue weighted by molar-refractivity contribution is 0.204. The monoisotopic (exact) mass is 251 g/mol. The zero-order chi connectivity index (χ0) is 12.0. The summed E-state index contributed by atoms with van der Waals surface area (Å²) in [6.45, 7) is 1.18. The standard InChI is InChI=1S/C9H21N3O3S/c1-15-6-5-11-16(13,14)12-9-4-2-3-8(9)7-10/h8-9,11-12H,2-7,10H2,1H3. The van der Waals surface area contributed by atoms with Crippen LogP contribution in [0.1, 0.15) is 19.3 Å². The normalized spacial score (nSPS) is 26.1. The minimum Gasteiger partial charge on any atom is -0.383 e. The van der Waals surface area contributed by atoms with Crippen molar-refractivity contribution in [2.75, 3.05) is 26.8 Å². The Balaban J connectivity index is 2.39. The molecule has 6 nitrogen and oxygen atoms in total. The molecule has 0 spiro atoms. The van der Waals surface area contributed by atoms with Crippen LogP contribution in [0.25, 0.3) is 0 Å². The van der Waals surface area contributed by atoms with Crippen LogP contribution in [0.4, 0.5) is 0 Å². The molecule has 2 unspecified atom stereocenters. The number of hydrogen-bond acceptors (Lipinski definition) is 4. The molecule has 1 aliphatic carbocycles. The number of methoxy groups -OCH3 is 1. The molecule has 96 valence electrons. The molecule has 1 fully saturated rings. The number of ether oxygens (including phenoxy) is 1. The van der Waals surface area contributed by atoms with E-state index in [1.165, 1.54) is 7.11 Å². The largest absolute Gasteiger partial charge is 0.383 e. The summed E-state index contributed by atoms with van der Waals surface area (Å²) in [5.74, 6) is 0.263. The molecule has 1 rings (SSSR count). The predicted molar refractivity (Wildman–Crippen MR) is 62.1 cm³/mol. The van der Waals surface area contributed by atoms with Gasteiger partial charge in [-0.05, 0) is 25.3 Å². The quantitative estimate of drug-likeness (QED) is 0.516. The molecule has 1 aliphatic rings. The van der Waals surface area contributed by atoms with Gasteiger partial charge in [-0.15, -0.1) is 0 Å². The SMILES string of the molecule is COCCNS(=O)(=O)NC1CCCC1CN. The van der Waals surface area contributed by atoms with Crippen LogP contribution in [0.15, 0.2) is 0 Å². The van der Waals surface area contributed by atoms with Crippen molar-refractivity contribution in [1.82, 2.24) is 9.44 Å². The van der Waals surface area contributed by atoms with Crippen LogP contribution in [0.2, 0.25) is 0 Å². The molecule has 4 N–H and O–H groups in total. The van der Waals surface area contributed by atoms with Gasteiger partial charge in [-0.3, -0.25) is 0 Å². The molecule has 7 heteroatoms. The molecule has 16 heavy (non-hydrogen) atoms. The number of hydrogen-bond donors (Lipinski definition) is 3. The fraction of sp³-hybridized carbons (Fsp3) is 1.00. The van der Waals surface area contributed by atoms with Gasteiger partial charge in [-0.25, -0.2) is 0 Å². The molecule has 0 aromatic rings. The molecule has 0 aromatic carbocycles. The Morgan fingerprint density at radius 2 is 2.19 bits per heavy atom. The first kappa shape index (κ1) is 13.9. The van der Waals surface area contributed by atoms with Gasteiger partial charge in [0.05, 0.1) is 6.61 Å². The van der Waals surface area contributed by atoms with E-state index in [1.807, 2.05) is 0 Å². The first-order chi connectivity index (χ1) is 7.59. The van der Waals surface area contributed by atoms with Crippen LogP contribution in [0.3, 0.4) is 0 Å². The summed E-state index contributed by atoms with van der Waals surface area (Å²) in [4.78, 5) is 0. The molecule has 0 saturated heterocycles. The Labute approximate surface area is 97.1 Å². The van der Waals surface area contributed by atoms with E-state index in [1.54, 1.807) is 0 Å². The van der Waals surface area contributed by atoms with Crippen molar-refractivity contribution in [3.63, 3.8) is 0 Å². The summed E-state index contributed by atoms with van der Waals surface area (Å²) in [5.41, 5.74) is 5.59. The van der Waals surface area contributed by atoms with Crippen molar-refractivity contribution in [2.45, 2.75) is 25.3 Å². The minimum absolute atomic E-state index is 0.0231. The van der Waals surface area contributed by atoms with Crippen LogP contribution in [-0.2, 0) is 14.9 Å². The summed E-state index contributed by atoms with van der Waals surface area (Å²) in [6.07, 6.45) is 2.90. The maximum absolute atomic E-state index is 11.6. The van der Waals surface area contributed by atoms with Gasteiger partial charge in [0.25, 0.3) is 10.2 Å². The highest BCUT2D eigenvalue weighted by molar-refractivity contribution is 7.87. The highest BCUT2D eigenvalue weighted by atomic mass is 32.2. The average Bonchev–Trinajstić information content (AvgIpc) is 2.64. The fourth-order valence-electron chi connectivity index (χ4n) is 1.99. The maximum atomic E-state index is 11.6. The van der Waals surface area contributed by atoms with E-state index in [0.29, 0.717) is 13.2 Å². The van der Waals surface area contributed by atoms with Gasteiger partial charge in [0, 0.05) is 19.7 Å². The summed E-state index contributed by atoms with van der Waals surface area (Å²) in [5, 5.41) is 0. The van der Waals surface area contributed by atoms with Crippen LogP contribution in [0, 0.1) is 5.92 Å². The van der Waals surface area contributed by atoms with Crippen molar-refractivity contribution < 1.29 is 13.2 Å². The van der Waals surface area contributed by atoms with Crippen molar-refractivity contribution in [3.8, 4) is 0 Å². The summed E-state index contributed by atoms with van der Waals surface area (Å²) < 4.78 is 33.1. The van der Waals surface area contributed by atoms with Crippen LogP contribution >= 0.6 is 0 Å². The maximum Gasteiger partial charge on any atom is 0.277 e. The molecule has 0 aliphatic heterocycles. The van der Waals surface area contributed by atoms with Crippen molar-refractivity contribution in [1.29, 1.82) is 0 Å². The van der Waals surface area contributed by atoms with Crippen molar-refractivity contribution in [2.24, 2.45) is 11.7 Å². The third-order valence-electron chi connectivity index (χ3n) is 2.87. The zero-order valence-electron chi connectivity index (χ0n) is 9.61. The van der Waals surface area contributed by atoms with Crippen LogP contribution in [-0.4, -0.2) is 41.3 Å². The van der Waals surface area contributed by atoms with Gasteiger partial charge in [0.2, 0.25) is 0 Å². The molecule has 1 saturated carbocycles. The van der Waals surface area contributed by atoms with Crippen LogP contribution < -0.4 is 15.2 Å². The second-order valence-corrected chi connectivity index (χ2v) is 5.57. The Bertz CT molecular complexity index is 294. The van der Waals surface area contributed by atoms with E-state index in [0.717, 1.165) is 19.3 Å². The number of nitrogens with one attached hydrogen (secondary N) is 2. The van der Waals surface area contributed by atoms with Gasteiger partial charge in [-0.1, -0.05) is 6.42 Å². The second-order valence-electron chi connectivity index (χ2n) is 4.04. The lowest BCUT2D eigenvalue weighted by Crippen LogP contribution is -2.46. The van der Waals surface area contributed by atoms with Gasteiger partial charge < -0.3 is 10.5 Å². The lowest BCUT2D eigenvalue weighted by Gasteiger charge is -2.19. The van der Waals surface area contributed by atoms with Crippen molar-refractivity contribution in [3.05, 3.63) is 0 Å². The predicted octanol–water partition coefficient (Wildman–Crippen LogP) is -0.816. The van der Waals surface area contributed by atoms with E-state index in [2.05, 4.69) is 9.44 Å². The molecular weight excluding hydrogens is 230 g/mol. The van der Waals surface area contributed by atoms with E-state index in [4.69, 9.17) is 10.5 Å². The molecule has 0 radical (unpaired) electrons. The van der Waals surface area contributed by atoms with E-state index in [9.17, 15) is 8.42 Å². The molecule has 2 atom stereocenters. The van der Waals surface area contributed by atoms with Gasteiger partial charge in [0.1, 0.15) is 0 Å². The average molecular weight is 251 g/mol. The zero-order valence-corrected chi connectivity index (χ0v) is 10.4. The molecule has 0 heterocycles. The Morgan fingerprint density at radius 3 is 2.81 bits per heavy atom. The Morgan fingerprint density at radius 1 is 1.44 bits per heavy atom. The summed E-state index contributed by atoms with van der Waals surface area (Å²) in [7, 11) is -1.88. The number of nitrogens with two attached hydrogens (primary N) is 1. The van der Waals surface area contributed by atoms with E-state index >= 15 is 0 Å². The molecular formula is C9H21N3O3S. The topological polar surface area (TPSA) is 93.4 Å². The third kappa shape index (κ3) is 4.34. The van der Waals surface area contributed by atoms with E-state index < -0.39 is 10.2 Å². The highest BCUT2D eigenvalue weighted by Gasteiger charge is 2.29. The van der Waals surface area contributed by atoms with Gasteiger partial charge >= 0.3 is 0 Å². The van der Waals surface area contributed by atoms with Crippen molar-refractivity contribution >= 4 is 10.2 Å². The minimum atomic E-state index is -3.42. The van der Waals surface area contributed by atoms with Gasteiger partial charge in [-0.2, -0.15) is 17.9 Å². The smallest absolute Gasteiger partial charge is 0.277 e. The Hall–Kier alpha value is -0.210. The molecule has 0 amide bonds. The van der Waals surface area contributed by atoms with E-state index in [-0.39, 0.29) is 18.5 Å².